The number of hydrogen-bond acceptors (Lipinski definition) is 4. The van der Waals surface area contributed by atoms with Crippen LogP contribution in [0.3, 0.4) is 0 Å². The van der Waals surface area contributed by atoms with Gasteiger partial charge in [0.2, 0.25) is 5.91 Å². The number of amides is 2. The van der Waals surface area contributed by atoms with Crippen molar-refractivity contribution >= 4 is 18.0 Å². The zero-order valence-corrected chi connectivity index (χ0v) is 19.6. The molecule has 0 saturated carbocycles. The average molecular weight is 475 g/mol. The Hall–Kier alpha value is -3.61. The second-order valence-electron chi connectivity index (χ2n) is 9.63. The first-order valence-corrected chi connectivity index (χ1v) is 12.3. The lowest BCUT2D eigenvalue weighted by Gasteiger charge is -2.35. The molecule has 7 nitrogen and oxygen atoms in total. The Labute approximate surface area is 204 Å². The van der Waals surface area contributed by atoms with Crippen LogP contribution in [0.1, 0.15) is 42.7 Å². The van der Waals surface area contributed by atoms with Crippen molar-refractivity contribution in [2.45, 2.75) is 37.6 Å². The molecular weight excluding hydrogens is 444 g/mol. The number of hydrogen-bond donors (Lipinski definition) is 2. The highest BCUT2D eigenvalue weighted by Crippen LogP contribution is 2.44. The van der Waals surface area contributed by atoms with E-state index in [0.717, 1.165) is 11.1 Å². The van der Waals surface area contributed by atoms with Crippen molar-refractivity contribution in [1.82, 2.24) is 10.2 Å². The highest BCUT2D eigenvalue weighted by Gasteiger charge is 2.34. The first-order valence-electron chi connectivity index (χ1n) is 12.3. The molecule has 3 aliphatic rings. The molecule has 1 fully saturated rings. The minimum Gasteiger partial charge on any atom is -0.481 e. The quantitative estimate of drug-likeness (QED) is 0.634. The number of benzene rings is 2. The van der Waals surface area contributed by atoms with Crippen LogP contribution in [0.25, 0.3) is 11.1 Å². The van der Waals surface area contributed by atoms with Crippen molar-refractivity contribution in [2.24, 2.45) is 11.8 Å². The van der Waals surface area contributed by atoms with Crippen molar-refractivity contribution in [2.75, 3.05) is 19.7 Å². The molecule has 2 aromatic carbocycles. The van der Waals surface area contributed by atoms with Crippen LogP contribution in [0, 0.1) is 11.8 Å². The van der Waals surface area contributed by atoms with E-state index < -0.39 is 18.0 Å². The summed E-state index contributed by atoms with van der Waals surface area (Å²) in [6, 6.07) is 16.1. The van der Waals surface area contributed by atoms with Gasteiger partial charge in [-0.25, -0.2) is 4.79 Å². The minimum atomic E-state index is -0.846. The van der Waals surface area contributed by atoms with Crippen LogP contribution in [-0.2, 0) is 14.3 Å². The molecule has 1 saturated heterocycles. The van der Waals surface area contributed by atoms with E-state index in [-0.39, 0.29) is 36.9 Å². The maximum Gasteiger partial charge on any atom is 0.407 e. The Morgan fingerprint density at radius 3 is 2.37 bits per heavy atom. The summed E-state index contributed by atoms with van der Waals surface area (Å²) in [6.07, 6.45) is 5.70. The smallest absolute Gasteiger partial charge is 0.407 e. The molecule has 0 spiro atoms. The number of carboxylic acid groups (broad SMARTS) is 1. The van der Waals surface area contributed by atoms with Crippen LogP contribution in [0.5, 0.6) is 0 Å². The van der Waals surface area contributed by atoms with Crippen molar-refractivity contribution in [3.8, 4) is 11.1 Å². The van der Waals surface area contributed by atoms with Gasteiger partial charge in [-0.2, -0.15) is 0 Å². The number of ether oxygens (including phenoxy) is 1. The number of likely N-dealkylation sites (tertiary alicyclic amines) is 1. The van der Waals surface area contributed by atoms with Gasteiger partial charge in [-0.3, -0.25) is 9.59 Å². The topological polar surface area (TPSA) is 95.9 Å². The Kier molecular flexibility index (Phi) is 6.57. The SMILES string of the molecule is O=C(N[C@@H]1C=CC[C@@H](C(=O)N2CCC[C@@H](C(=O)O)C2)C1)OCC1c2ccccc2-c2ccccc21. The normalized spacial score (nSPS) is 23.3. The minimum absolute atomic E-state index is 0.00865. The fourth-order valence-corrected chi connectivity index (χ4v) is 5.63. The summed E-state index contributed by atoms with van der Waals surface area (Å²) < 4.78 is 5.65. The summed E-state index contributed by atoms with van der Waals surface area (Å²) in [5.41, 5.74) is 4.67. The number of nitrogens with one attached hydrogen (secondary N) is 1. The first kappa shape index (κ1) is 23.1. The van der Waals surface area contributed by atoms with Gasteiger partial charge in [0, 0.05) is 24.9 Å². The number of alkyl carbamates (subject to hydrolysis) is 1. The maximum absolute atomic E-state index is 13.0. The second kappa shape index (κ2) is 9.94. The third kappa shape index (κ3) is 4.81. The van der Waals surface area contributed by atoms with Crippen molar-refractivity contribution in [3.05, 3.63) is 71.8 Å². The number of carbonyl (C=O) groups excluding carboxylic acids is 2. The van der Waals surface area contributed by atoms with E-state index in [1.54, 1.807) is 4.90 Å². The van der Waals surface area contributed by atoms with E-state index in [0.29, 0.717) is 32.2 Å². The maximum atomic E-state index is 13.0. The number of piperidine rings is 1. The number of carboxylic acids is 1. The predicted octanol–water partition coefficient (Wildman–Crippen LogP) is 4.18. The molecule has 1 aliphatic heterocycles. The number of aliphatic carboxylic acids is 1. The predicted molar refractivity (Wildman–Crippen MR) is 131 cm³/mol. The van der Waals surface area contributed by atoms with Gasteiger partial charge in [0.15, 0.2) is 0 Å². The summed E-state index contributed by atoms with van der Waals surface area (Å²) >= 11 is 0. The van der Waals surface area contributed by atoms with E-state index in [4.69, 9.17) is 4.74 Å². The lowest BCUT2D eigenvalue weighted by Crippen LogP contribution is -2.47. The summed E-state index contributed by atoms with van der Waals surface area (Å²) in [6.45, 7) is 1.09. The zero-order chi connectivity index (χ0) is 24.4. The molecule has 0 bridgehead atoms. The van der Waals surface area contributed by atoms with Crippen LogP contribution in [-0.4, -0.2) is 53.7 Å². The molecule has 0 unspecified atom stereocenters. The van der Waals surface area contributed by atoms with Gasteiger partial charge in [-0.15, -0.1) is 0 Å². The van der Waals surface area contributed by atoms with Crippen molar-refractivity contribution in [1.29, 1.82) is 0 Å². The first-order chi connectivity index (χ1) is 17.0. The Bertz CT molecular complexity index is 1110. The average Bonchev–Trinajstić information content (AvgIpc) is 3.21. The molecule has 2 amide bonds. The summed E-state index contributed by atoms with van der Waals surface area (Å²) in [7, 11) is 0. The molecular formula is C28H30N2O5. The summed E-state index contributed by atoms with van der Waals surface area (Å²) in [5.74, 6) is -1.65. The molecule has 2 N–H and O–H groups in total. The van der Waals surface area contributed by atoms with Crippen molar-refractivity contribution in [3.63, 3.8) is 0 Å². The number of nitrogens with zero attached hydrogens (tertiary/aromatic N) is 1. The van der Waals surface area contributed by atoms with Gasteiger partial charge < -0.3 is 20.1 Å². The van der Waals surface area contributed by atoms with Crippen molar-refractivity contribution < 1.29 is 24.2 Å². The third-order valence-electron chi connectivity index (χ3n) is 7.41. The van der Waals surface area contributed by atoms with Gasteiger partial charge >= 0.3 is 12.1 Å². The number of rotatable bonds is 5. The molecule has 3 atom stereocenters. The Balaban J connectivity index is 1.17. The summed E-state index contributed by atoms with van der Waals surface area (Å²) in [4.78, 5) is 38.7. The monoisotopic (exact) mass is 474 g/mol. The lowest BCUT2D eigenvalue weighted by atomic mass is 9.88. The Morgan fingerprint density at radius 1 is 1.00 bits per heavy atom. The van der Waals surface area contributed by atoms with Crippen LogP contribution in [0.2, 0.25) is 0 Å². The third-order valence-corrected chi connectivity index (χ3v) is 7.41. The van der Waals surface area contributed by atoms with E-state index in [1.807, 2.05) is 36.4 Å². The number of fused-ring (bicyclic) bond motifs is 3. The molecule has 2 aliphatic carbocycles. The second-order valence-corrected chi connectivity index (χ2v) is 9.63. The van der Waals surface area contributed by atoms with Gasteiger partial charge in [0.1, 0.15) is 6.61 Å². The highest BCUT2D eigenvalue weighted by molar-refractivity contribution is 5.81. The van der Waals surface area contributed by atoms with Gasteiger partial charge in [0.25, 0.3) is 0 Å². The van der Waals surface area contributed by atoms with E-state index in [1.165, 1.54) is 11.1 Å². The molecule has 7 heteroatoms. The van der Waals surface area contributed by atoms with Crippen LogP contribution in [0.4, 0.5) is 4.79 Å². The van der Waals surface area contributed by atoms with Crippen LogP contribution >= 0.6 is 0 Å². The largest absolute Gasteiger partial charge is 0.481 e. The molecule has 5 rings (SSSR count). The molecule has 0 radical (unpaired) electrons. The molecule has 35 heavy (non-hydrogen) atoms. The lowest BCUT2D eigenvalue weighted by molar-refractivity contribution is -0.147. The zero-order valence-electron chi connectivity index (χ0n) is 19.6. The Morgan fingerprint density at radius 2 is 1.69 bits per heavy atom. The fraction of sp³-hybridized carbons (Fsp3) is 0.393. The molecule has 0 aromatic heterocycles. The molecule has 182 valence electrons. The van der Waals surface area contributed by atoms with Crippen LogP contribution in [0.15, 0.2) is 60.7 Å². The van der Waals surface area contributed by atoms with Gasteiger partial charge in [-0.1, -0.05) is 60.7 Å². The molecule has 2 aromatic rings. The van der Waals surface area contributed by atoms with Gasteiger partial charge in [0.05, 0.1) is 12.0 Å². The number of allylic oxidation sites excluding steroid dienone is 1. The standard InChI is InChI=1S/C28H30N2O5/c31-26(30-14-6-8-19(16-30)27(32)33)18-7-5-9-20(15-18)29-28(34)35-17-25-23-12-3-1-10-21(23)22-11-2-4-13-24(22)25/h1-5,9-13,18-20,25H,6-8,14-17H2,(H,29,34)(H,32,33)/t18-,19-,20-/m1/s1. The van der Waals surface area contributed by atoms with Gasteiger partial charge in [-0.05, 0) is 47.9 Å². The van der Waals surface area contributed by atoms with E-state index >= 15 is 0 Å². The van der Waals surface area contributed by atoms with E-state index in [9.17, 15) is 19.5 Å². The highest BCUT2D eigenvalue weighted by atomic mass is 16.5. The fourth-order valence-electron chi connectivity index (χ4n) is 5.63. The number of carbonyl (C=O) groups is 3. The van der Waals surface area contributed by atoms with E-state index in [2.05, 4.69) is 29.6 Å². The molecule has 1 heterocycles. The van der Waals surface area contributed by atoms with Crippen LogP contribution < -0.4 is 5.32 Å². The summed E-state index contributed by atoms with van der Waals surface area (Å²) in [5, 5.41) is 12.2.